The summed E-state index contributed by atoms with van der Waals surface area (Å²) in [6.07, 6.45) is 0.822. The average Bonchev–Trinajstić information content (AvgIpc) is 2.77. The highest BCUT2D eigenvalue weighted by atomic mass is 79.9. The smallest absolute Gasteiger partial charge is 0.291 e. The fourth-order valence-electron chi connectivity index (χ4n) is 1.81. The maximum atomic E-state index is 12.1. The molecular weight excluding hydrogens is 356 g/mol. The second-order valence-electron chi connectivity index (χ2n) is 5.05. The third kappa shape index (κ3) is 4.22. The summed E-state index contributed by atoms with van der Waals surface area (Å²) in [4.78, 5) is 12.1. The minimum atomic E-state index is -0.326. The number of rotatable bonds is 5. The molecule has 0 saturated heterocycles. The molecule has 21 heavy (non-hydrogen) atoms. The summed E-state index contributed by atoms with van der Waals surface area (Å²) in [5, 5.41) is 7.53. The largest absolute Gasteiger partial charge is 0.298 e. The number of aromatic nitrogens is 2. The lowest BCUT2D eigenvalue weighted by Gasteiger charge is -2.07. The van der Waals surface area contributed by atoms with Crippen molar-refractivity contribution in [3.8, 4) is 0 Å². The van der Waals surface area contributed by atoms with E-state index in [1.165, 1.54) is 0 Å². The number of anilines is 1. The Balaban J connectivity index is 2.02. The summed E-state index contributed by atoms with van der Waals surface area (Å²) in [6, 6.07) is 7.07. The lowest BCUT2D eigenvalue weighted by molar-refractivity contribution is 0.0957. The highest BCUT2D eigenvalue weighted by molar-refractivity contribution is 9.10. The van der Waals surface area contributed by atoms with Crippen molar-refractivity contribution in [3.63, 3.8) is 0 Å². The van der Waals surface area contributed by atoms with Crippen molar-refractivity contribution in [2.24, 2.45) is 5.92 Å². The minimum absolute atomic E-state index is 0.320. The summed E-state index contributed by atoms with van der Waals surface area (Å²) < 4.78 is 0.696. The van der Waals surface area contributed by atoms with E-state index in [1.807, 2.05) is 0 Å². The molecular formula is C14H16BrClN4O. The van der Waals surface area contributed by atoms with E-state index in [4.69, 9.17) is 11.6 Å². The Morgan fingerprint density at radius 2 is 2.24 bits per heavy atom. The molecule has 1 aromatic heterocycles. The van der Waals surface area contributed by atoms with Crippen LogP contribution in [0.15, 0.2) is 28.7 Å². The number of H-pyrrole nitrogens is 1. The van der Waals surface area contributed by atoms with E-state index < -0.39 is 0 Å². The lowest BCUT2D eigenvalue weighted by atomic mass is 10.1. The van der Waals surface area contributed by atoms with Gasteiger partial charge in [-0.1, -0.05) is 31.5 Å². The summed E-state index contributed by atoms with van der Waals surface area (Å²) >= 11 is 9.29. The average molecular weight is 372 g/mol. The molecule has 1 aromatic carbocycles. The normalized spacial score (nSPS) is 10.7. The van der Waals surface area contributed by atoms with Gasteiger partial charge in [-0.3, -0.25) is 20.7 Å². The lowest BCUT2D eigenvalue weighted by Crippen LogP contribution is -2.29. The molecule has 0 atom stereocenters. The number of halogens is 2. The van der Waals surface area contributed by atoms with Crippen molar-refractivity contribution in [3.05, 3.63) is 45.1 Å². The number of hydrazine groups is 1. The Labute approximate surface area is 136 Å². The summed E-state index contributed by atoms with van der Waals surface area (Å²) in [6.45, 7) is 4.21. The molecule has 3 N–H and O–H groups in total. The van der Waals surface area contributed by atoms with Crippen LogP contribution in [0.1, 0.15) is 30.0 Å². The van der Waals surface area contributed by atoms with Crippen LogP contribution in [0.5, 0.6) is 0 Å². The van der Waals surface area contributed by atoms with Crippen LogP contribution in [0.2, 0.25) is 5.02 Å². The summed E-state index contributed by atoms with van der Waals surface area (Å²) in [7, 11) is 0. The van der Waals surface area contributed by atoms with Crippen molar-refractivity contribution < 1.29 is 4.79 Å². The molecule has 0 spiro atoms. The van der Waals surface area contributed by atoms with Crippen LogP contribution in [0.4, 0.5) is 5.69 Å². The Morgan fingerprint density at radius 1 is 1.48 bits per heavy atom. The van der Waals surface area contributed by atoms with E-state index in [1.54, 1.807) is 24.3 Å². The van der Waals surface area contributed by atoms with E-state index in [0.717, 1.165) is 12.1 Å². The first-order valence-electron chi connectivity index (χ1n) is 6.52. The number of hydrogen-bond donors (Lipinski definition) is 3. The van der Waals surface area contributed by atoms with Gasteiger partial charge < -0.3 is 0 Å². The van der Waals surface area contributed by atoms with Gasteiger partial charge in [0, 0.05) is 5.02 Å². The van der Waals surface area contributed by atoms with Gasteiger partial charge in [-0.25, -0.2) is 0 Å². The molecule has 7 heteroatoms. The molecule has 1 amide bonds. The number of aromatic amines is 1. The number of amides is 1. The Hall–Kier alpha value is -1.53. The second-order valence-corrected chi connectivity index (χ2v) is 6.28. The van der Waals surface area contributed by atoms with Crippen molar-refractivity contribution in [2.75, 3.05) is 5.43 Å². The summed E-state index contributed by atoms with van der Waals surface area (Å²) in [5.41, 5.74) is 7.33. The molecule has 0 bridgehead atoms. The zero-order valence-corrected chi connectivity index (χ0v) is 14.0. The molecule has 2 aromatic rings. The quantitative estimate of drug-likeness (QED) is 0.701. The maximum Gasteiger partial charge on any atom is 0.291 e. The van der Waals surface area contributed by atoms with Crippen molar-refractivity contribution in [1.82, 2.24) is 15.6 Å². The van der Waals surface area contributed by atoms with Crippen LogP contribution in [-0.4, -0.2) is 16.1 Å². The Kier molecular flexibility index (Phi) is 5.25. The predicted molar refractivity (Wildman–Crippen MR) is 87.4 cm³/mol. The van der Waals surface area contributed by atoms with Crippen LogP contribution in [0.25, 0.3) is 0 Å². The van der Waals surface area contributed by atoms with Crippen molar-refractivity contribution >= 4 is 39.1 Å². The Bertz CT molecular complexity index is 642. The van der Waals surface area contributed by atoms with Gasteiger partial charge in [0.2, 0.25) is 0 Å². The zero-order valence-electron chi connectivity index (χ0n) is 11.7. The number of benzene rings is 1. The molecule has 1 heterocycles. The third-order valence-electron chi connectivity index (χ3n) is 2.75. The van der Waals surface area contributed by atoms with Gasteiger partial charge in [0.05, 0.1) is 15.9 Å². The maximum absolute atomic E-state index is 12.1. The van der Waals surface area contributed by atoms with Crippen LogP contribution in [0.3, 0.4) is 0 Å². The van der Waals surface area contributed by atoms with Crippen LogP contribution in [0, 0.1) is 5.92 Å². The van der Waals surface area contributed by atoms with Gasteiger partial charge in [-0.15, -0.1) is 0 Å². The molecule has 0 aliphatic carbocycles. The highest BCUT2D eigenvalue weighted by Gasteiger charge is 2.18. The zero-order chi connectivity index (χ0) is 15.4. The fraction of sp³-hybridized carbons (Fsp3) is 0.286. The molecule has 0 unspecified atom stereocenters. The van der Waals surface area contributed by atoms with E-state index in [0.29, 0.717) is 26.8 Å². The molecule has 5 nitrogen and oxygen atoms in total. The third-order valence-corrected chi connectivity index (χ3v) is 3.84. The van der Waals surface area contributed by atoms with Crippen molar-refractivity contribution in [1.29, 1.82) is 0 Å². The molecule has 0 aliphatic rings. The van der Waals surface area contributed by atoms with Gasteiger partial charge in [-0.05, 0) is 46.5 Å². The second kappa shape index (κ2) is 6.95. The topological polar surface area (TPSA) is 69.8 Å². The molecule has 0 saturated carbocycles. The van der Waals surface area contributed by atoms with Crippen LogP contribution >= 0.6 is 27.5 Å². The van der Waals surface area contributed by atoms with Gasteiger partial charge in [0.25, 0.3) is 5.91 Å². The van der Waals surface area contributed by atoms with E-state index in [2.05, 4.69) is 50.8 Å². The first-order chi connectivity index (χ1) is 9.97. The minimum Gasteiger partial charge on any atom is -0.298 e. The fourth-order valence-corrected chi connectivity index (χ4v) is 2.52. The molecule has 0 fully saturated rings. The number of carbonyl (C=O) groups is 1. The standard InChI is InChI=1S/C14H16BrClN4O/c1-8(2)6-11-12(15)13(19-18-11)14(21)20-17-10-5-3-4-9(16)7-10/h3-5,7-8,17H,6H2,1-2H3,(H,18,19)(H,20,21). The van der Waals surface area contributed by atoms with E-state index in [-0.39, 0.29) is 5.91 Å². The van der Waals surface area contributed by atoms with Gasteiger partial charge in [0.15, 0.2) is 5.69 Å². The number of nitrogens with zero attached hydrogens (tertiary/aromatic N) is 1. The van der Waals surface area contributed by atoms with Gasteiger partial charge >= 0.3 is 0 Å². The number of carbonyl (C=O) groups excluding carboxylic acids is 1. The first kappa shape index (κ1) is 15.9. The SMILES string of the molecule is CC(C)Cc1[nH]nc(C(=O)NNc2cccc(Cl)c2)c1Br. The van der Waals surface area contributed by atoms with E-state index in [9.17, 15) is 4.79 Å². The van der Waals surface area contributed by atoms with Crippen molar-refractivity contribution in [2.45, 2.75) is 20.3 Å². The Morgan fingerprint density at radius 3 is 2.90 bits per heavy atom. The first-order valence-corrected chi connectivity index (χ1v) is 7.69. The van der Waals surface area contributed by atoms with Gasteiger partial charge in [0.1, 0.15) is 0 Å². The molecule has 0 aliphatic heterocycles. The predicted octanol–water partition coefficient (Wildman–Crippen LogP) is 3.78. The molecule has 0 radical (unpaired) electrons. The van der Waals surface area contributed by atoms with Crippen LogP contribution < -0.4 is 10.9 Å². The summed E-state index contributed by atoms with van der Waals surface area (Å²) in [5.74, 6) is 0.148. The van der Waals surface area contributed by atoms with E-state index >= 15 is 0 Å². The van der Waals surface area contributed by atoms with Gasteiger partial charge in [-0.2, -0.15) is 5.10 Å². The van der Waals surface area contributed by atoms with Crippen LogP contribution in [-0.2, 0) is 6.42 Å². The number of hydrogen-bond acceptors (Lipinski definition) is 3. The molecule has 112 valence electrons. The number of nitrogens with one attached hydrogen (secondary N) is 3. The monoisotopic (exact) mass is 370 g/mol. The molecule has 2 rings (SSSR count). The highest BCUT2D eigenvalue weighted by Crippen LogP contribution is 2.21.